The summed E-state index contributed by atoms with van der Waals surface area (Å²) in [6.07, 6.45) is 11.0. The molecule has 0 spiro atoms. The lowest BCUT2D eigenvalue weighted by Gasteiger charge is -2.35. The van der Waals surface area contributed by atoms with Crippen molar-refractivity contribution in [2.75, 3.05) is 32.7 Å². The second kappa shape index (κ2) is 13.4. The minimum Gasteiger partial charge on any atom is -0.480 e. The molecular formula is C34H42ClN3O2S. The number of thiazole rings is 1. The summed E-state index contributed by atoms with van der Waals surface area (Å²) in [4.78, 5) is 23.7. The summed E-state index contributed by atoms with van der Waals surface area (Å²) in [5.74, 6) is 1.08. The molecule has 3 unspecified atom stereocenters. The van der Waals surface area contributed by atoms with Crippen molar-refractivity contribution in [1.82, 2.24) is 14.8 Å². The van der Waals surface area contributed by atoms with Crippen LogP contribution in [0, 0.1) is 11.8 Å². The Morgan fingerprint density at radius 2 is 1.71 bits per heavy atom. The van der Waals surface area contributed by atoms with E-state index in [4.69, 9.17) is 16.6 Å². The first kappa shape index (κ1) is 28.9. The molecule has 1 aliphatic carbocycles. The molecule has 7 heteroatoms. The fourth-order valence-corrected chi connectivity index (χ4v) is 8.85. The number of carbonyl (C=O) groups is 1. The number of nitrogens with zero attached hydrogens (tertiary/aromatic N) is 3. The third kappa shape index (κ3) is 7.05. The Labute approximate surface area is 253 Å². The Bertz CT molecular complexity index is 1270. The van der Waals surface area contributed by atoms with E-state index in [0.717, 1.165) is 69.9 Å². The Morgan fingerprint density at radius 3 is 2.41 bits per heavy atom. The largest absolute Gasteiger partial charge is 0.480 e. The van der Waals surface area contributed by atoms with E-state index >= 15 is 0 Å². The fraction of sp³-hybridized carbons (Fsp3) is 0.529. The van der Waals surface area contributed by atoms with Crippen molar-refractivity contribution >= 4 is 28.9 Å². The fourth-order valence-electron chi connectivity index (χ4n) is 7.60. The van der Waals surface area contributed by atoms with Crippen molar-refractivity contribution in [3.8, 4) is 0 Å². The average molecular weight is 592 g/mol. The zero-order valence-corrected chi connectivity index (χ0v) is 25.4. The van der Waals surface area contributed by atoms with Gasteiger partial charge in [0.15, 0.2) is 0 Å². The first-order chi connectivity index (χ1) is 20.0. The van der Waals surface area contributed by atoms with Crippen LogP contribution in [0.5, 0.6) is 0 Å². The maximum Gasteiger partial charge on any atom is 0.321 e. The molecule has 1 aromatic heterocycles. The quantitative estimate of drug-likeness (QED) is 0.283. The van der Waals surface area contributed by atoms with Gasteiger partial charge in [-0.15, -0.1) is 11.3 Å². The van der Waals surface area contributed by atoms with Crippen molar-refractivity contribution in [2.24, 2.45) is 11.8 Å². The van der Waals surface area contributed by atoms with Crippen molar-refractivity contribution in [2.45, 2.75) is 69.2 Å². The zero-order chi connectivity index (χ0) is 28.2. The van der Waals surface area contributed by atoms with Gasteiger partial charge in [-0.2, -0.15) is 0 Å². The van der Waals surface area contributed by atoms with Gasteiger partial charge in [0.05, 0.1) is 5.01 Å². The number of hydrogen-bond donors (Lipinski definition) is 1. The molecule has 1 N–H and O–H groups in total. The summed E-state index contributed by atoms with van der Waals surface area (Å²) in [6, 6.07) is 18.6. The van der Waals surface area contributed by atoms with E-state index in [1.807, 2.05) is 23.5 Å². The molecule has 6 rings (SSSR count). The number of carboxylic acid groups (broad SMARTS) is 1. The molecule has 0 bridgehead atoms. The lowest BCUT2D eigenvalue weighted by Crippen LogP contribution is -2.46. The first-order valence-corrected chi connectivity index (χ1v) is 16.7. The van der Waals surface area contributed by atoms with Crippen LogP contribution in [0.25, 0.3) is 0 Å². The summed E-state index contributed by atoms with van der Waals surface area (Å²) < 4.78 is 0. The molecule has 218 valence electrons. The Hall–Kier alpha value is -2.25. The van der Waals surface area contributed by atoms with Gasteiger partial charge in [-0.05, 0) is 79.8 Å². The third-order valence-corrected chi connectivity index (χ3v) is 11.2. The van der Waals surface area contributed by atoms with E-state index in [0.29, 0.717) is 17.8 Å². The Morgan fingerprint density at radius 1 is 0.976 bits per heavy atom. The summed E-state index contributed by atoms with van der Waals surface area (Å²) in [6.45, 7) is 4.98. The van der Waals surface area contributed by atoms with Gasteiger partial charge in [-0.25, -0.2) is 4.98 Å². The molecule has 3 aromatic rings. The summed E-state index contributed by atoms with van der Waals surface area (Å²) in [7, 11) is 0. The molecule has 0 amide bonds. The maximum absolute atomic E-state index is 12.6. The highest BCUT2D eigenvalue weighted by Crippen LogP contribution is 2.39. The van der Waals surface area contributed by atoms with Crippen LogP contribution >= 0.6 is 22.9 Å². The number of hydrogen-bond acceptors (Lipinski definition) is 5. The van der Waals surface area contributed by atoms with Gasteiger partial charge in [0, 0.05) is 48.1 Å². The van der Waals surface area contributed by atoms with Crippen LogP contribution in [0.2, 0.25) is 5.02 Å². The molecule has 5 nitrogen and oxygen atoms in total. The van der Waals surface area contributed by atoms with Gasteiger partial charge in [-0.3, -0.25) is 9.69 Å². The van der Waals surface area contributed by atoms with Crippen LogP contribution in [0.15, 0.2) is 60.8 Å². The van der Waals surface area contributed by atoms with Crippen molar-refractivity contribution in [1.29, 1.82) is 0 Å². The molecule has 3 fully saturated rings. The summed E-state index contributed by atoms with van der Waals surface area (Å²) >= 11 is 7.91. The van der Waals surface area contributed by atoms with Crippen LogP contribution in [0.1, 0.15) is 77.8 Å². The second-order valence-corrected chi connectivity index (χ2v) is 14.0. The molecule has 2 aromatic carbocycles. The average Bonchev–Trinajstić information content (AvgIpc) is 3.63. The lowest BCUT2D eigenvalue weighted by atomic mass is 9.83. The number of benzene rings is 2. The highest BCUT2D eigenvalue weighted by atomic mass is 35.5. The second-order valence-electron chi connectivity index (χ2n) is 12.4. The molecule has 3 heterocycles. The van der Waals surface area contributed by atoms with E-state index in [1.165, 1.54) is 40.3 Å². The van der Waals surface area contributed by atoms with Crippen molar-refractivity contribution in [3.05, 3.63) is 86.8 Å². The molecule has 2 saturated heterocycles. The molecule has 1 saturated carbocycles. The molecule has 41 heavy (non-hydrogen) atoms. The van der Waals surface area contributed by atoms with Crippen LogP contribution < -0.4 is 0 Å². The highest BCUT2D eigenvalue weighted by molar-refractivity contribution is 7.11. The topological polar surface area (TPSA) is 56.7 Å². The standard InChI is InChI=1S/C34H42ClN3O2S/c35-29-13-11-24(12-14-29)19-32-36-20-31(41-32)26-15-17-37(18-16-26)21-28-22-38(23-30(28)25-7-3-1-4-8-25)33(34(39)40)27-9-5-2-6-10-27/h1,3-4,7-8,11-14,20,26-28,30,33H,2,5-6,9-10,15-19,21-23H2,(H,39,40). The van der Waals surface area contributed by atoms with Gasteiger partial charge in [0.25, 0.3) is 0 Å². The monoisotopic (exact) mass is 591 g/mol. The molecular weight excluding hydrogens is 550 g/mol. The summed E-state index contributed by atoms with van der Waals surface area (Å²) in [5.41, 5.74) is 2.61. The highest BCUT2D eigenvalue weighted by Gasteiger charge is 2.43. The van der Waals surface area contributed by atoms with E-state index in [9.17, 15) is 9.90 Å². The van der Waals surface area contributed by atoms with E-state index in [1.54, 1.807) is 0 Å². The van der Waals surface area contributed by atoms with E-state index in [-0.39, 0.29) is 12.0 Å². The SMILES string of the molecule is O=C(O)C(C1CCCCC1)N1CC(CN2CCC(c3cnc(Cc4ccc(Cl)cc4)s3)CC2)C(c2ccccc2)C1. The number of likely N-dealkylation sites (tertiary alicyclic amines) is 2. The minimum absolute atomic E-state index is 0.288. The van der Waals surface area contributed by atoms with Gasteiger partial charge in [0.1, 0.15) is 6.04 Å². The zero-order valence-electron chi connectivity index (χ0n) is 23.8. The van der Waals surface area contributed by atoms with Crippen molar-refractivity contribution in [3.63, 3.8) is 0 Å². The number of carboxylic acids is 1. The molecule has 0 radical (unpaired) electrons. The van der Waals surface area contributed by atoms with Gasteiger partial charge < -0.3 is 10.0 Å². The van der Waals surface area contributed by atoms with Crippen LogP contribution in [0.3, 0.4) is 0 Å². The van der Waals surface area contributed by atoms with Crippen LogP contribution in [0.4, 0.5) is 0 Å². The van der Waals surface area contributed by atoms with Crippen molar-refractivity contribution < 1.29 is 9.90 Å². The predicted molar refractivity (Wildman–Crippen MR) is 167 cm³/mol. The Kier molecular flexibility index (Phi) is 9.41. The van der Waals surface area contributed by atoms with Crippen LogP contribution in [-0.2, 0) is 11.2 Å². The van der Waals surface area contributed by atoms with E-state index in [2.05, 4.69) is 58.5 Å². The third-order valence-electron chi connectivity index (χ3n) is 9.76. The number of rotatable bonds is 9. The van der Waals surface area contributed by atoms with Gasteiger partial charge >= 0.3 is 5.97 Å². The summed E-state index contributed by atoms with van der Waals surface area (Å²) in [5, 5.41) is 12.3. The predicted octanol–water partition coefficient (Wildman–Crippen LogP) is 7.32. The lowest BCUT2D eigenvalue weighted by molar-refractivity contribution is -0.145. The number of aliphatic carboxylic acids is 1. The maximum atomic E-state index is 12.6. The van der Waals surface area contributed by atoms with Gasteiger partial charge in [-0.1, -0.05) is 73.3 Å². The molecule has 3 atom stereocenters. The van der Waals surface area contributed by atoms with Gasteiger partial charge in [0.2, 0.25) is 0 Å². The molecule has 2 aliphatic heterocycles. The number of halogens is 1. The Balaban J connectivity index is 1.08. The van der Waals surface area contributed by atoms with E-state index < -0.39 is 5.97 Å². The minimum atomic E-state index is -0.620. The molecule has 3 aliphatic rings. The van der Waals surface area contributed by atoms with Crippen LogP contribution in [-0.4, -0.2) is 64.6 Å². The number of aromatic nitrogens is 1. The first-order valence-electron chi connectivity index (χ1n) is 15.5. The normalized spacial score (nSPS) is 24.0. The number of piperidine rings is 1. The smallest absolute Gasteiger partial charge is 0.321 e.